The minimum Gasteiger partial charge on any atom is -0.477 e. The van der Waals surface area contributed by atoms with Gasteiger partial charge in [0, 0.05) is 13.6 Å². The standard InChI is InChI=1S/C15H24N2O7/c1-7-9(10(12(19)20)11(18)13(21)22)17(8-2)16(6)14(23)24-15(3,4)5/h7-8H2,1-6H3,(H,19,20)(H,21,22). The Hall–Kier alpha value is -2.58. The summed E-state index contributed by atoms with van der Waals surface area (Å²) in [4.78, 5) is 46.2. The number of carbonyl (C=O) groups excluding carboxylic acids is 2. The fourth-order valence-electron chi connectivity index (χ4n) is 1.96. The summed E-state index contributed by atoms with van der Waals surface area (Å²) >= 11 is 0. The summed E-state index contributed by atoms with van der Waals surface area (Å²) in [6, 6.07) is 0. The summed E-state index contributed by atoms with van der Waals surface area (Å²) in [5.74, 6) is -5.10. The maximum atomic E-state index is 12.2. The van der Waals surface area contributed by atoms with Crippen LogP contribution in [-0.4, -0.2) is 63.2 Å². The van der Waals surface area contributed by atoms with Gasteiger partial charge in [0.1, 0.15) is 11.2 Å². The molecule has 0 aliphatic rings. The Morgan fingerprint density at radius 3 is 1.79 bits per heavy atom. The van der Waals surface area contributed by atoms with E-state index in [0.717, 1.165) is 5.01 Å². The molecule has 0 rings (SSSR count). The Labute approximate surface area is 140 Å². The summed E-state index contributed by atoms with van der Waals surface area (Å²) in [6.07, 6.45) is -0.732. The van der Waals surface area contributed by atoms with Gasteiger partial charge in [-0.25, -0.2) is 19.4 Å². The van der Waals surface area contributed by atoms with Gasteiger partial charge in [-0.15, -0.1) is 0 Å². The van der Waals surface area contributed by atoms with Gasteiger partial charge in [-0.05, 0) is 34.1 Å². The van der Waals surface area contributed by atoms with Gasteiger partial charge in [-0.1, -0.05) is 6.92 Å². The van der Waals surface area contributed by atoms with Crippen molar-refractivity contribution < 1.29 is 34.1 Å². The molecule has 0 aliphatic heterocycles. The van der Waals surface area contributed by atoms with Crippen LogP contribution in [0.3, 0.4) is 0 Å². The van der Waals surface area contributed by atoms with E-state index in [4.69, 9.17) is 9.84 Å². The maximum Gasteiger partial charge on any atom is 0.429 e. The molecule has 9 heteroatoms. The number of carbonyl (C=O) groups is 4. The Kier molecular flexibility index (Phi) is 7.43. The van der Waals surface area contributed by atoms with Crippen molar-refractivity contribution in [1.29, 1.82) is 0 Å². The number of carboxylic acids is 2. The summed E-state index contributed by atoms with van der Waals surface area (Å²) in [5.41, 5.74) is -1.75. The molecule has 0 heterocycles. The largest absolute Gasteiger partial charge is 0.477 e. The molecule has 136 valence electrons. The van der Waals surface area contributed by atoms with E-state index in [1.165, 1.54) is 12.1 Å². The second kappa shape index (κ2) is 8.32. The first-order valence-electron chi connectivity index (χ1n) is 7.35. The van der Waals surface area contributed by atoms with E-state index in [9.17, 15) is 24.3 Å². The zero-order valence-electron chi connectivity index (χ0n) is 14.7. The third kappa shape index (κ3) is 5.56. The highest BCUT2D eigenvalue weighted by molar-refractivity contribution is 6.46. The summed E-state index contributed by atoms with van der Waals surface area (Å²) in [5, 5.41) is 20.3. The molecule has 0 aromatic rings. The van der Waals surface area contributed by atoms with Gasteiger partial charge in [-0.2, -0.15) is 0 Å². The quantitative estimate of drug-likeness (QED) is 0.234. The zero-order valence-corrected chi connectivity index (χ0v) is 14.7. The lowest BCUT2D eigenvalue weighted by molar-refractivity contribution is -0.149. The number of carboxylic acid groups (broad SMARTS) is 2. The predicted octanol–water partition coefficient (Wildman–Crippen LogP) is 1.49. The van der Waals surface area contributed by atoms with Crippen molar-refractivity contribution in [2.45, 2.75) is 46.6 Å². The van der Waals surface area contributed by atoms with Crippen LogP contribution in [0.2, 0.25) is 0 Å². The summed E-state index contributed by atoms with van der Waals surface area (Å²) in [6.45, 7) is 8.31. The van der Waals surface area contributed by atoms with Crippen LogP contribution in [0.4, 0.5) is 4.79 Å². The van der Waals surface area contributed by atoms with Crippen LogP contribution in [0.5, 0.6) is 0 Å². The Morgan fingerprint density at radius 2 is 1.50 bits per heavy atom. The van der Waals surface area contributed by atoms with Gasteiger partial charge in [0.2, 0.25) is 0 Å². The molecule has 0 fully saturated rings. The molecule has 0 atom stereocenters. The minimum atomic E-state index is -1.88. The van der Waals surface area contributed by atoms with E-state index < -0.39 is 35.0 Å². The molecule has 24 heavy (non-hydrogen) atoms. The van der Waals surface area contributed by atoms with Gasteiger partial charge in [0.15, 0.2) is 0 Å². The number of hydrogen-bond acceptors (Lipinski definition) is 6. The monoisotopic (exact) mass is 344 g/mol. The van der Waals surface area contributed by atoms with Crippen LogP contribution in [-0.2, 0) is 19.1 Å². The van der Waals surface area contributed by atoms with E-state index in [1.807, 2.05) is 0 Å². The van der Waals surface area contributed by atoms with Crippen molar-refractivity contribution in [2.75, 3.05) is 13.6 Å². The summed E-state index contributed by atoms with van der Waals surface area (Å²) < 4.78 is 5.20. The Bertz CT molecular complexity index is 561. The number of amides is 1. The average Bonchev–Trinajstić information content (AvgIpc) is 2.43. The van der Waals surface area contributed by atoms with Crippen LogP contribution in [0, 0.1) is 0 Å². The van der Waals surface area contributed by atoms with E-state index in [0.29, 0.717) is 0 Å². The number of allylic oxidation sites excluding steroid dienone is 1. The fraction of sp³-hybridized carbons (Fsp3) is 0.600. The van der Waals surface area contributed by atoms with Gasteiger partial charge >= 0.3 is 18.0 Å². The predicted molar refractivity (Wildman–Crippen MR) is 84.0 cm³/mol. The highest BCUT2D eigenvalue weighted by atomic mass is 16.6. The number of Topliss-reactive ketones (excluding diaryl/α,β-unsaturated/α-hetero) is 1. The first-order valence-corrected chi connectivity index (χ1v) is 7.35. The van der Waals surface area contributed by atoms with Gasteiger partial charge in [0.05, 0.1) is 5.70 Å². The molecule has 0 unspecified atom stereocenters. The smallest absolute Gasteiger partial charge is 0.429 e. The highest BCUT2D eigenvalue weighted by Crippen LogP contribution is 2.20. The number of nitrogens with zero attached hydrogens (tertiary/aromatic N) is 2. The van der Waals surface area contributed by atoms with Crippen molar-refractivity contribution in [2.24, 2.45) is 0 Å². The van der Waals surface area contributed by atoms with Crippen LogP contribution >= 0.6 is 0 Å². The maximum absolute atomic E-state index is 12.2. The molecule has 0 radical (unpaired) electrons. The van der Waals surface area contributed by atoms with E-state index >= 15 is 0 Å². The molecule has 0 aromatic heterocycles. The molecule has 1 amide bonds. The van der Waals surface area contributed by atoms with Crippen molar-refractivity contribution >= 4 is 23.8 Å². The molecule has 2 N–H and O–H groups in total. The van der Waals surface area contributed by atoms with Crippen LogP contribution < -0.4 is 0 Å². The molecule has 0 saturated carbocycles. The number of ether oxygens (including phenoxy) is 1. The van der Waals surface area contributed by atoms with E-state index in [2.05, 4.69) is 0 Å². The highest BCUT2D eigenvalue weighted by Gasteiger charge is 2.32. The van der Waals surface area contributed by atoms with Crippen LogP contribution in [0.15, 0.2) is 11.3 Å². The molecule has 0 bridgehead atoms. The third-order valence-corrected chi connectivity index (χ3v) is 2.89. The average molecular weight is 344 g/mol. The zero-order chi connectivity index (χ0) is 19.2. The van der Waals surface area contributed by atoms with E-state index in [-0.39, 0.29) is 18.7 Å². The molecule has 0 aromatic carbocycles. The van der Waals surface area contributed by atoms with Crippen molar-refractivity contribution in [3.8, 4) is 0 Å². The Morgan fingerprint density at radius 1 is 1.00 bits per heavy atom. The SMILES string of the molecule is CCC(=C(C(=O)O)C(=O)C(=O)O)N(CC)N(C)C(=O)OC(C)(C)C. The second-order valence-corrected chi connectivity index (χ2v) is 5.83. The van der Waals surface area contributed by atoms with Crippen LogP contribution in [0.1, 0.15) is 41.0 Å². The second-order valence-electron chi connectivity index (χ2n) is 5.83. The molecule has 0 saturated heterocycles. The first kappa shape index (κ1) is 21.4. The van der Waals surface area contributed by atoms with Gasteiger partial charge in [0.25, 0.3) is 5.78 Å². The van der Waals surface area contributed by atoms with Crippen molar-refractivity contribution in [3.05, 3.63) is 11.3 Å². The topological polar surface area (TPSA) is 124 Å². The van der Waals surface area contributed by atoms with Crippen molar-refractivity contribution in [1.82, 2.24) is 10.0 Å². The van der Waals surface area contributed by atoms with Crippen molar-refractivity contribution in [3.63, 3.8) is 0 Å². The molecular weight excluding hydrogens is 320 g/mol. The fourth-order valence-corrected chi connectivity index (χ4v) is 1.96. The normalized spacial score (nSPS) is 12.1. The lowest BCUT2D eigenvalue weighted by atomic mass is 10.1. The minimum absolute atomic E-state index is 0.0294. The number of rotatable bonds is 7. The first-order chi connectivity index (χ1) is 10.9. The lowest BCUT2D eigenvalue weighted by Gasteiger charge is -2.36. The molecular formula is C15H24N2O7. The van der Waals surface area contributed by atoms with Gasteiger partial charge < -0.3 is 14.9 Å². The number of hydrogen-bond donors (Lipinski definition) is 2. The van der Waals surface area contributed by atoms with Gasteiger partial charge in [-0.3, -0.25) is 9.80 Å². The Balaban J connectivity index is 5.98. The summed E-state index contributed by atoms with van der Waals surface area (Å²) in [7, 11) is 1.35. The number of aliphatic carboxylic acids is 2. The molecule has 0 aliphatic carbocycles. The van der Waals surface area contributed by atoms with E-state index in [1.54, 1.807) is 34.6 Å². The lowest BCUT2D eigenvalue weighted by Crippen LogP contribution is -2.46. The van der Waals surface area contributed by atoms with Crippen LogP contribution in [0.25, 0.3) is 0 Å². The number of ketones is 1. The molecule has 0 spiro atoms. The third-order valence-electron chi connectivity index (χ3n) is 2.89. The number of hydrazine groups is 1. The molecule has 9 nitrogen and oxygen atoms in total.